The highest BCUT2D eigenvalue weighted by Crippen LogP contribution is 2.34. The first kappa shape index (κ1) is 18.9. The molecule has 0 unspecified atom stereocenters. The predicted molar refractivity (Wildman–Crippen MR) is 104 cm³/mol. The number of aromatic amines is 1. The number of nitrogens with zero attached hydrogens (tertiary/aromatic N) is 1. The van der Waals surface area contributed by atoms with Crippen molar-refractivity contribution in [2.24, 2.45) is 0 Å². The maximum atomic E-state index is 12.2. The summed E-state index contributed by atoms with van der Waals surface area (Å²) in [5, 5.41) is 13.3. The number of aromatic nitrogens is 2. The molecule has 0 radical (unpaired) electrons. The number of aliphatic hydroxyl groups is 1. The van der Waals surface area contributed by atoms with Crippen molar-refractivity contribution >= 4 is 11.8 Å². The minimum Gasteiger partial charge on any atom is -0.391 e. The zero-order chi connectivity index (χ0) is 18.7. The van der Waals surface area contributed by atoms with Gasteiger partial charge in [0.1, 0.15) is 0 Å². The maximum Gasteiger partial charge on any atom is 0.328 e. The highest BCUT2D eigenvalue weighted by molar-refractivity contribution is 8.00. The third-order valence-corrected chi connectivity index (χ3v) is 6.29. The van der Waals surface area contributed by atoms with Crippen molar-refractivity contribution in [1.29, 1.82) is 0 Å². The van der Waals surface area contributed by atoms with Crippen molar-refractivity contribution in [3.8, 4) is 0 Å². The van der Waals surface area contributed by atoms with Crippen LogP contribution < -0.4 is 16.6 Å². The molecule has 0 atom stereocenters. The molecule has 6 nitrogen and oxygen atoms in total. The molecule has 0 bridgehead atoms. The molecule has 0 amide bonds. The van der Waals surface area contributed by atoms with E-state index < -0.39 is 11.2 Å². The average molecular weight is 375 g/mol. The number of rotatable bonds is 5. The Hall–Kier alpha value is -1.83. The first-order valence-corrected chi connectivity index (χ1v) is 9.77. The van der Waals surface area contributed by atoms with E-state index in [1.807, 2.05) is 18.7 Å². The molecule has 2 heterocycles. The van der Waals surface area contributed by atoms with Gasteiger partial charge < -0.3 is 10.4 Å². The van der Waals surface area contributed by atoms with Gasteiger partial charge in [-0.1, -0.05) is 17.7 Å². The summed E-state index contributed by atoms with van der Waals surface area (Å²) in [6, 6.07) is 4.27. The second-order valence-corrected chi connectivity index (χ2v) is 8.15. The Morgan fingerprint density at radius 2 is 1.92 bits per heavy atom. The third-order valence-electron chi connectivity index (χ3n) is 4.66. The van der Waals surface area contributed by atoms with Crippen molar-refractivity contribution in [2.75, 3.05) is 13.1 Å². The molecule has 1 fully saturated rings. The Labute approximate surface area is 156 Å². The van der Waals surface area contributed by atoms with E-state index >= 15 is 0 Å². The van der Waals surface area contributed by atoms with Crippen molar-refractivity contribution in [1.82, 2.24) is 14.9 Å². The number of hydrogen-bond acceptors (Lipinski definition) is 5. The van der Waals surface area contributed by atoms with Crippen LogP contribution in [0.4, 0.5) is 0 Å². The highest BCUT2D eigenvalue weighted by Gasteiger charge is 2.18. The van der Waals surface area contributed by atoms with Crippen molar-refractivity contribution in [3.63, 3.8) is 0 Å². The molecule has 0 spiro atoms. The van der Waals surface area contributed by atoms with Gasteiger partial charge in [0.2, 0.25) is 0 Å². The molecule has 0 aliphatic carbocycles. The fraction of sp³-hybridized carbons (Fsp3) is 0.474. The van der Waals surface area contributed by atoms with E-state index in [0.29, 0.717) is 11.8 Å². The lowest BCUT2D eigenvalue weighted by atomic mass is 10.1. The topological polar surface area (TPSA) is 87.1 Å². The SMILES string of the molecule is Cc1cc(C)c(SC2CCNCC2)c(Cn2cc(CO)c(=O)[nH]c2=O)c1. The van der Waals surface area contributed by atoms with E-state index in [1.54, 1.807) is 0 Å². The lowest BCUT2D eigenvalue weighted by Crippen LogP contribution is -2.32. The summed E-state index contributed by atoms with van der Waals surface area (Å²) < 4.78 is 1.47. The van der Waals surface area contributed by atoms with Crippen LogP contribution in [0.2, 0.25) is 0 Å². The van der Waals surface area contributed by atoms with E-state index in [2.05, 4.69) is 29.4 Å². The summed E-state index contributed by atoms with van der Waals surface area (Å²) in [5.41, 5.74) is 2.64. The number of nitrogens with one attached hydrogen (secondary N) is 2. The average Bonchev–Trinajstić information content (AvgIpc) is 2.61. The molecule has 2 aromatic rings. The fourth-order valence-corrected chi connectivity index (χ4v) is 4.70. The summed E-state index contributed by atoms with van der Waals surface area (Å²) in [6.07, 6.45) is 3.72. The van der Waals surface area contributed by atoms with Crippen molar-refractivity contribution in [2.45, 2.75) is 50.0 Å². The zero-order valence-electron chi connectivity index (χ0n) is 15.2. The van der Waals surface area contributed by atoms with Crippen LogP contribution in [0.3, 0.4) is 0 Å². The minimum absolute atomic E-state index is 0.196. The van der Waals surface area contributed by atoms with Gasteiger partial charge in [-0.15, -0.1) is 11.8 Å². The number of H-pyrrole nitrogens is 1. The second-order valence-electron chi connectivity index (χ2n) is 6.84. The van der Waals surface area contributed by atoms with Crippen LogP contribution in [0.25, 0.3) is 0 Å². The van der Waals surface area contributed by atoms with Gasteiger partial charge in [-0.3, -0.25) is 14.3 Å². The summed E-state index contributed by atoms with van der Waals surface area (Å²) in [5.74, 6) is 0. The van der Waals surface area contributed by atoms with Crippen molar-refractivity contribution < 1.29 is 5.11 Å². The van der Waals surface area contributed by atoms with Crippen LogP contribution in [-0.4, -0.2) is 33.0 Å². The van der Waals surface area contributed by atoms with Crippen LogP contribution in [0, 0.1) is 13.8 Å². The number of piperidine rings is 1. The van der Waals surface area contributed by atoms with Gasteiger partial charge in [-0.2, -0.15) is 0 Å². The van der Waals surface area contributed by atoms with Crippen molar-refractivity contribution in [3.05, 3.63) is 61.4 Å². The molecule has 1 aliphatic rings. The smallest absolute Gasteiger partial charge is 0.328 e. The van der Waals surface area contributed by atoms with Gasteiger partial charge >= 0.3 is 5.69 Å². The van der Waals surface area contributed by atoms with Crippen LogP contribution in [0.1, 0.15) is 35.1 Å². The Bertz CT molecular complexity index is 898. The molecule has 1 aromatic carbocycles. The summed E-state index contributed by atoms with van der Waals surface area (Å²) >= 11 is 1.89. The molecule has 1 aromatic heterocycles. The zero-order valence-corrected chi connectivity index (χ0v) is 16.0. The highest BCUT2D eigenvalue weighted by atomic mass is 32.2. The third kappa shape index (κ3) is 4.28. The maximum absolute atomic E-state index is 12.2. The largest absolute Gasteiger partial charge is 0.391 e. The lowest BCUT2D eigenvalue weighted by Gasteiger charge is -2.24. The summed E-state index contributed by atoms with van der Waals surface area (Å²) in [7, 11) is 0. The Balaban J connectivity index is 1.96. The lowest BCUT2D eigenvalue weighted by molar-refractivity contribution is 0.278. The molecule has 140 valence electrons. The normalized spacial score (nSPS) is 15.3. The standard InChI is InChI=1S/C19H25N3O3S/c1-12-7-13(2)17(26-16-3-5-20-6-4-16)14(8-12)9-22-10-15(11-23)18(24)21-19(22)25/h7-8,10,16,20,23H,3-6,9,11H2,1-2H3,(H,21,24,25). The number of thioether (sulfide) groups is 1. The molecular formula is C19H25N3O3S. The Morgan fingerprint density at radius 3 is 2.62 bits per heavy atom. The second kappa shape index (κ2) is 8.24. The first-order valence-electron chi connectivity index (χ1n) is 8.89. The Morgan fingerprint density at radius 1 is 1.19 bits per heavy atom. The molecule has 1 aliphatic heterocycles. The van der Waals surface area contributed by atoms with E-state index in [4.69, 9.17) is 0 Å². The van der Waals surface area contributed by atoms with Crippen LogP contribution in [0.15, 0.2) is 32.8 Å². The number of aryl methyl sites for hydroxylation is 2. The number of aliphatic hydroxyl groups excluding tert-OH is 1. The molecule has 0 saturated carbocycles. The first-order chi connectivity index (χ1) is 12.5. The quantitative estimate of drug-likeness (QED) is 0.738. The molecule has 3 N–H and O–H groups in total. The molecule has 26 heavy (non-hydrogen) atoms. The predicted octanol–water partition coefficient (Wildman–Crippen LogP) is 1.54. The van der Waals surface area contributed by atoms with Gasteiger partial charge in [0.05, 0.1) is 18.7 Å². The molecule has 3 rings (SSSR count). The Kier molecular flexibility index (Phi) is 6.01. The van der Waals surface area contributed by atoms with E-state index in [1.165, 1.54) is 21.2 Å². The number of benzene rings is 1. The fourth-order valence-electron chi connectivity index (χ4n) is 3.38. The number of hydrogen-bond donors (Lipinski definition) is 3. The van der Waals surface area contributed by atoms with Gasteiger partial charge in [0, 0.05) is 16.3 Å². The van der Waals surface area contributed by atoms with Gasteiger partial charge in [0.15, 0.2) is 0 Å². The van der Waals surface area contributed by atoms with Gasteiger partial charge in [-0.25, -0.2) is 4.79 Å². The van der Waals surface area contributed by atoms with Crippen LogP contribution in [-0.2, 0) is 13.2 Å². The van der Waals surface area contributed by atoms with E-state index in [0.717, 1.165) is 37.1 Å². The van der Waals surface area contributed by atoms with Crippen LogP contribution >= 0.6 is 11.8 Å². The summed E-state index contributed by atoms with van der Waals surface area (Å²) in [6.45, 7) is 6.21. The minimum atomic E-state index is -0.529. The monoisotopic (exact) mass is 375 g/mol. The van der Waals surface area contributed by atoms with Gasteiger partial charge in [-0.05, 0) is 50.9 Å². The molecule has 7 heteroatoms. The van der Waals surface area contributed by atoms with E-state index in [9.17, 15) is 14.7 Å². The molecular weight excluding hydrogens is 350 g/mol. The molecule has 1 saturated heterocycles. The van der Waals surface area contributed by atoms with Gasteiger partial charge in [0.25, 0.3) is 5.56 Å². The summed E-state index contributed by atoms with van der Waals surface area (Å²) in [4.78, 5) is 27.4. The van der Waals surface area contributed by atoms with E-state index in [-0.39, 0.29) is 12.2 Å². The van der Waals surface area contributed by atoms with Crippen LogP contribution in [0.5, 0.6) is 0 Å².